The maximum absolute atomic E-state index is 3.35. The average Bonchev–Trinajstić information content (AvgIpc) is 2.39. The zero-order valence-electron chi connectivity index (χ0n) is 11.7. The number of hydrogen-bond donors (Lipinski definition) is 0. The lowest BCUT2D eigenvalue weighted by Crippen LogP contribution is -1.90. The molecular formula is C18H21. The van der Waals surface area contributed by atoms with E-state index in [-0.39, 0.29) is 0 Å². The van der Waals surface area contributed by atoms with Crippen molar-refractivity contribution in [1.29, 1.82) is 0 Å². The molecule has 0 fully saturated rings. The largest absolute Gasteiger partial charge is 0.0614 e. The molecule has 0 aliphatic rings. The van der Waals surface area contributed by atoms with Crippen LogP contribution in [0, 0.1) is 6.07 Å². The third-order valence-electron chi connectivity index (χ3n) is 3.36. The molecule has 2 rings (SSSR count). The van der Waals surface area contributed by atoms with E-state index < -0.39 is 0 Å². The summed E-state index contributed by atoms with van der Waals surface area (Å²) in [6.07, 6.45) is 0. The molecule has 93 valence electrons. The maximum atomic E-state index is 3.35. The SMILES string of the molecule is CC(C)c1cc[c]c(-c2cccc(C(C)C)c2)c1. The van der Waals surface area contributed by atoms with Crippen molar-refractivity contribution in [3.8, 4) is 11.1 Å². The van der Waals surface area contributed by atoms with Crippen molar-refractivity contribution in [2.75, 3.05) is 0 Å². The summed E-state index contributed by atoms with van der Waals surface area (Å²) in [7, 11) is 0. The molecule has 0 nitrogen and oxygen atoms in total. The van der Waals surface area contributed by atoms with E-state index in [1.807, 2.05) is 6.07 Å². The Morgan fingerprint density at radius 2 is 1.50 bits per heavy atom. The molecule has 0 bridgehead atoms. The number of hydrogen-bond acceptors (Lipinski definition) is 0. The normalized spacial score (nSPS) is 11.2. The summed E-state index contributed by atoms with van der Waals surface area (Å²) in [6, 6.07) is 18.6. The lowest BCUT2D eigenvalue weighted by atomic mass is 9.94. The van der Waals surface area contributed by atoms with Gasteiger partial charge >= 0.3 is 0 Å². The van der Waals surface area contributed by atoms with Gasteiger partial charge in [0.2, 0.25) is 0 Å². The Kier molecular flexibility index (Phi) is 3.86. The minimum atomic E-state index is 0.562. The number of rotatable bonds is 3. The lowest BCUT2D eigenvalue weighted by Gasteiger charge is -2.10. The molecule has 0 saturated heterocycles. The second kappa shape index (κ2) is 5.39. The van der Waals surface area contributed by atoms with Crippen molar-refractivity contribution in [3.63, 3.8) is 0 Å². The van der Waals surface area contributed by atoms with Crippen LogP contribution in [-0.2, 0) is 0 Å². The Morgan fingerprint density at radius 1 is 0.833 bits per heavy atom. The predicted octanol–water partition coefficient (Wildman–Crippen LogP) is 5.40. The van der Waals surface area contributed by atoms with Gasteiger partial charge in [0.1, 0.15) is 0 Å². The second-order valence-electron chi connectivity index (χ2n) is 5.47. The molecule has 0 atom stereocenters. The molecule has 0 N–H and O–H groups in total. The van der Waals surface area contributed by atoms with Crippen LogP contribution >= 0.6 is 0 Å². The van der Waals surface area contributed by atoms with Crippen LogP contribution in [0.4, 0.5) is 0 Å². The van der Waals surface area contributed by atoms with Gasteiger partial charge in [-0.05, 0) is 40.2 Å². The summed E-state index contributed by atoms with van der Waals surface area (Å²) in [5.41, 5.74) is 5.22. The van der Waals surface area contributed by atoms with Gasteiger partial charge in [-0.2, -0.15) is 0 Å². The molecule has 0 spiro atoms. The third kappa shape index (κ3) is 2.81. The van der Waals surface area contributed by atoms with E-state index in [2.05, 4.69) is 70.2 Å². The Hall–Kier alpha value is -1.56. The van der Waals surface area contributed by atoms with Gasteiger partial charge in [-0.15, -0.1) is 0 Å². The van der Waals surface area contributed by atoms with Gasteiger partial charge in [0.25, 0.3) is 0 Å². The summed E-state index contributed by atoms with van der Waals surface area (Å²) in [5, 5.41) is 0. The molecular weight excluding hydrogens is 216 g/mol. The molecule has 0 aromatic heterocycles. The van der Waals surface area contributed by atoms with Gasteiger partial charge in [-0.1, -0.05) is 70.2 Å². The Labute approximate surface area is 111 Å². The van der Waals surface area contributed by atoms with Crippen LogP contribution in [0.3, 0.4) is 0 Å². The highest BCUT2D eigenvalue weighted by atomic mass is 14.1. The molecule has 0 saturated carbocycles. The molecule has 18 heavy (non-hydrogen) atoms. The van der Waals surface area contributed by atoms with E-state index in [0.29, 0.717) is 11.8 Å². The number of benzene rings is 2. The van der Waals surface area contributed by atoms with Crippen LogP contribution in [0.5, 0.6) is 0 Å². The smallest absolute Gasteiger partial charge is 0.00990 e. The molecule has 2 aromatic rings. The third-order valence-corrected chi connectivity index (χ3v) is 3.36. The van der Waals surface area contributed by atoms with E-state index in [0.717, 1.165) is 0 Å². The Bertz CT molecular complexity index is 472. The maximum Gasteiger partial charge on any atom is -0.00990 e. The van der Waals surface area contributed by atoms with Gasteiger partial charge in [-0.25, -0.2) is 0 Å². The monoisotopic (exact) mass is 237 g/mol. The first-order valence-corrected chi connectivity index (χ1v) is 6.70. The van der Waals surface area contributed by atoms with Crippen LogP contribution in [0.15, 0.2) is 42.5 Å². The average molecular weight is 237 g/mol. The summed E-state index contributed by atoms with van der Waals surface area (Å²) < 4.78 is 0. The van der Waals surface area contributed by atoms with Crippen LogP contribution in [0.2, 0.25) is 0 Å². The second-order valence-corrected chi connectivity index (χ2v) is 5.47. The first-order valence-electron chi connectivity index (χ1n) is 6.70. The molecule has 0 aliphatic carbocycles. The molecule has 0 heteroatoms. The first-order chi connectivity index (χ1) is 8.58. The predicted molar refractivity (Wildman–Crippen MR) is 78.9 cm³/mol. The van der Waals surface area contributed by atoms with Crippen LogP contribution < -0.4 is 0 Å². The van der Waals surface area contributed by atoms with Crippen LogP contribution in [0.25, 0.3) is 11.1 Å². The topological polar surface area (TPSA) is 0 Å². The van der Waals surface area contributed by atoms with E-state index in [9.17, 15) is 0 Å². The molecule has 2 aromatic carbocycles. The van der Waals surface area contributed by atoms with E-state index in [1.165, 1.54) is 22.3 Å². The van der Waals surface area contributed by atoms with Crippen molar-refractivity contribution in [2.45, 2.75) is 39.5 Å². The zero-order valence-corrected chi connectivity index (χ0v) is 11.7. The molecule has 0 amide bonds. The van der Waals surface area contributed by atoms with Gasteiger partial charge in [0, 0.05) is 0 Å². The van der Waals surface area contributed by atoms with Crippen molar-refractivity contribution in [3.05, 3.63) is 59.7 Å². The van der Waals surface area contributed by atoms with Crippen molar-refractivity contribution in [1.82, 2.24) is 0 Å². The summed E-state index contributed by atoms with van der Waals surface area (Å²) in [4.78, 5) is 0. The van der Waals surface area contributed by atoms with Crippen molar-refractivity contribution in [2.24, 2.45) is 0 Å². The fourth-order valence-corrected chi connectivity index (χ4v) is 2.08. The summed E-state index contributed by atoms with van der Waals surface area (Å²) in [6.45, 7) is 8.91. The highest BCUT2D eigenvalue weighted by Gasteiger charge is 2.05. The van der Waals surface area contributed by atoms with Crippen LogP contribution in [-0.4, -0.2) is 0 Å². The van der Waals surface area contributed by atoms with Crippen molar-refractivity contribution >= 4 is 0 Å². The Morgan fingerprint density at radius 3 is 2.17 bits per heavy atom. The minimum Gasteiger partial charge on any atom is -0.0614 e. The van der Waals surface area contributed by atoms with Gasteiger partial charge in [0.15, 0.2) is 0 Å². The summed E-state index contributed by atoms with van der Waals surface area (Å²) >= 11 is 0. The Balaban J connectivity index is 2.42. The molecule has 0 aliphatic heterocycles. The van der Waals surface area contributed by atoms with E-state index in [1.54, 1.807) is 0 Å². The standard InChI is InChI=1S/C18H21/c1-13(2)15-7-5-9-17(11-15)18-10-6-8-16(12-18)14(3)4/h5-9,11-14H,1-4H3. The van der Waals surface area contributed by atoms with Crippen LogP contribution in [0.1, 0.15) is 50.7 Å². The van der Waals surface area contributed by atoms with Gasteiger partial charge in [-0.3, -0.25) is 0 Å². The highest BCUT2D eigenvalue weighted by molar-refractivity contribution is 5.64. The quantitative estimate of drug-likeness (QED) is 0.670. The molecule has 1 radical (unpaired) electrons. The summed E-state index contributed by atoms with van der Waals surface area (Å²) in [5.74, 6) is 1.13. The molecule has 0 heterocycles. The van der Waals surface area contributed by atoms with E-state index >= 15 is 0 Å². The van der Waals surface area contributed by atoms with Crippen molar-refractivity contribution < 1.29 is 0 Å². The fraction of sp³-hybridized carbons (Fsp3) is 0.333. The minimum absolute atomic E-state index is 0.562. The van der Waals surface area contributed by atoms with Gasteiger partial charge in [0.05, 0.1) is 0 Å². The highest BCUT2D eigenvalue weighted by Crippen LogP contribution is 2.26. The fourth-order valence-electron chi connectivity index (χ4n) is 2.08. The molecule has 0 unspecified atom stereocenters. The lowest BCUT2D eigenvalue weighted by molar-refractivity contribution is 0.865. The first kappa shape index (κ1) is 12.9. The van der Waals surface area contributed by atoms with Gasteiger partial charge < -0.3 is 0 Å². The van der Waals surface area contributed by atoms with E-state index in [4.69, 9.17) is 0 Å². The zero-order chi connectivity index (χ0) is 13.1.